The second-order valence-electron chi connectivity index (χ2n) is 5.16. The molecule has 0 saturated carbocycles. The van der Waals surface area contributed by atoms with Gasteiger partial charge in [-0.05, 0) is 5.56 Å². The highest BCUT2D eigenvalue weighted by Crippen LogP contribution is 2.30. The molecule has 1 unspecified atom stereocenters. The molecule has 23 heavy (non-hydrogen) atoms. The van der Waals surface area contributed by atoms with Crippen molar-refractivity contribution in [3.8, 4) is 0 Å². The fourth-order valence-corrected chi connectivity index (χ4v) is 2.52. The molecule has 0 aliphatic rings. The normalized spacial score (nSPS) is 11.9. The summed E-state index contributed by atoms with van der Waals surface area (Å²) in [5.74, 6) is -5.80. The predicted molar refractivity (Wildman–Crippen MR) is 83.3 cm³/mol. The lowest BCUT2D eigenvalue weighted by Gasteiger charge is -2.21. The molecule has 5 nitrogen and oxygen atoms in total. The average Bonchev–Trinajstić information content (AvgIpc) is 2.55. The van der Waals surface area contributed by atoms with E-state index in [0.717, 1.165) is 0 Å². The highest BCUT2D eigenvalue weighted by Gasteiger charge is 2.37. The number of carbonyl (C=O) groups is 3. The van der Waals surface area contributed by atoms with Crippen molar-refractivity contribution < 1.29 is 24.6 Å². The van der Waals surface area contributed by atoms with Crippen LogP contribution in [-0.4, -0.2) is 27.9 Å². The maximum atomic E-state index is 12.4. The van der Waals surface area contributed by atoms with Crippen LogP contribution in [-0.2, 0) is 9.59 Å². The summed E-state index contributed by atoms with van der Waals surface area (Å²) >= 11 is 0. The molecular weight excluding hydrogens is 296 g/mol. The van der Waals surface area contributed by atoms with Crippen molar-refractivity contribution in [2.75, 3.05) is 0 Å². The van der Waals surface area contributed by atoms with Gasteiger partial charge in [0.2, 0.25) is 0 Å². The zero-order chi connectivity index (χ0) is 16.8. The molecule has 0 aliphatic carbocycles. The maximum absolute atomic E-state index is 12.4. The molecule has 0 heterocycles. The van der Waals surface area contributed by atoms with E-state index in [-0.39, 0.29) is 12.2 Å². The monoisotopic (exact) mass is 312 g/mol. The lowest BCUT2D eigenvalue weighted by Crippen LogP contribution is -2.31. The molecule has 118 valence electrons. The van der Waals surface area contributed by atoms with Crippen molar-refractivity contribution in [1.29, 1.82) is 0 Å². The molecule has 0 bridgehead atoms. The van der Waals surface area contributed by atoms with Gasteiger partial charge < -0.3 is 10.2 Å². The Kier molecular flexibility index (Phi) is 5.25. The van der Waals surface area contributed by atoms with E-state index in [4.69, 9.17) is 0 Å². The Hall–Kier alpha value is -2.95. The van der Waals surface area contributed by atoms with E-state index in [1.54, 1.807) is 60.7 Å². The third-order valence-electron chi connectivity index (χ3n) is 3.66. The Morgan fingerprint density at radius 1 is 0.783 bits per heavy atom. The highest BCUT2D eigenvalue weighted by molar-refractivity contribution is 5.99. The van der Waals surface area contributed by atoms with Gasteiger partial charge in [0.05, 0.1) is 0 Å². The van der Waals surface area contributed by atoms with Gasteiger partial charge in [0.1, 0.15) is 0 Å². The summed E-state index contributed by atoms with van der Waals surface area (Å²) in [4.78, 5) is 35.2. The summed E-state index contributed by atoms with van der Waals surface area (Å²) in [7, 11) is 0. The summed E-state index contributed by atoms with van der Waals surface area (Å²) in [5, 5.41) is 18.5. The smallest absolute Gasteiger partial charge is 0.318 e. The van der Waals surface area contributed by atoms with Crippen molar-refractivity contribution >= 4 is 17.7 Å². The lowest BCUT2D eigenvalue weighted by atomic mass is 9.81. The number of hydrogen-bond donors (Lipinski definition) is 2. The Balaban J connectivity index is 2.36. The van der Waals surface area contributed by atoms with Crippen LogP contribution >= 0.6 is 0 Å². The van der Waals surface area contributed by atoms with Crippen LogP contribution in [0, 0.1) is 5.92 Å². The van der Waals surface area contributed by atoms with Crippen LogP contribution in [0.2, 0.25) is 0 Å². The Labute approximate surface area is 133 Å². The minimum Gasteiger partial charge on any atom is -0.481 e. The standard InChI is InChI=1S/C18H16O5/c19-15(13-9-5-2-6-10-13)11-14(12-7-3-1-4-8-12)16(17(20)21)18(22)23/h1-10,14,16H,11H2,(H,20,21)(H,22,23). The second kappa shape index (κ2) is 7.35. The summed E-state index contributed by atoms with van der Waals surface area (Å²) < 4.78 is 0. The third-order valence-corrected chi connectivity index (χ3v) is 3.66. The first-order valence-corrected chi connectivity index (χ1v) is 7.09. The van der Waals surface area contributed by atoms with Crippen LogP contribution in [0.4, 0.5) is 0 Å². The first-order chi connectivity index (χ1) is 11.0. The zero-order valence-electron chi connectivity index (χ0n) is 12.3. The topological polar surface area (TPSA) is 91.7 Å². The summed E-state index contributed by atoms with van der Waals surface area (Å²) in [5.41, 5.74) is 0.953. The minimum absolute atomic E-state index is 0.183. The predicted octanol–water partition coefficient (Wildman–Crippen LogP) is 2.83. The fourth-order valence-electron chi connectivity index (χ4n) is 2.52. The molecule has 2 aromatic rings. The van der Waals surface area contributed by atoms with Crippen LogP contribution in [0.5, 0.6) is 0 Å². The zero-order valence-corrected chi connectivity index (χ0v) is 12.3. The summed E-state index contributed by atoms with van der Waals surface area (Å²) in [6.07, 6.45) is -0.183. The van der Waals surface area contributed by atoms with E-state index in [9.17, 15) is 24.6 Å². The lowest BCUT2D eigenvalue weighted by molar-refractivity contribution is -0.155. The van der Waals surface area contributed by atoms with Crippen molar-refractivity contribution in [3.05, 3.63) is 71.8 Å². The number of benzene rings is 2. The van der Waals surface area contributed by atoms with E-state index in [1.807, 2.05) is 0 Å². The number of carbonyl (C=O) groups excluding carboxylic acids is 1. The first-order valence-electron chi connectivity index (χ1n) is 7.09. The molecule has 0 radical (unpaired) electrons. The van der Waals surface area contributed by atoms with Crippen molar-refractivity contribution in [2.45, 2.75) is 12.3 Å². The second-order valence-corrected chi connectivity index (χ2v) is 5.16. The number of ketones is 1. The Morgan fingerprint density at radius 2 is 1.26 bits per heavy atom. The molecule has 2 rings (SSSR count). The summed E-state index contributed by atoms with van der Waals surface area (Å²) in [6, 6.07) is 16.8. The van der Waals surface area contributed by atoms with Crippen molar-refractivity contribution in [2.24, 2.45) is 5.92 Å². The number of carboxylic acids is 2. The number of Topliss-reactive ketones (excluding diaryl/α,β-unsaturated/α-hetero) is 1. The van der Waals surface area contributed by atoms with Crippen LogP contribution in [0.15, 0.2) is 60.7 Å². The number of rotatable bonds is 7. The average molecular weight is 312 g/mol. The van der Waals surface area contributed by atoms with Crippen LogP contribution < -0.4 is 0 Å². The van der Waals surface area contributed by atoms with Crippen LogP contribution in [0.1, 0.15) is 28.3 Å². The Morgan fingerprint density at radius 3 is 1.74 bits per heavy atom. The number of carboxylic acid groups (broad SMARTS) is 2. The molecular formula is C18H16O5. The van der Waals surface area contributed by atoms with Gasteiger partial charge in [0, 0.05) is 17.9 Å². The van der Waals surface area contributed by atoms with E-state index in [0.29, 0.717) is 11.1 Å². The van der Waals surface area contributed by atoms with E-state index in [2.05, 4.69) is 0 Å². The van der Waals surface area contributed by atoms with Gasteiger partial charge in [-0.15, -0.1) is 0 Å². The molecule has 0 fully saturated rings. The largest absolute Gasteiger partial charge is 0.481 e. The highest BCUT2D eigenvalue weighted by atomic mass is 16.4. The molecule has 0 amide bonds. The molecule has 0 saturated heterocycles. The fraction of sp³-hybridized carbons (Fsp3) is 0.167. The van der Waals surface area contributed by atoms with Crippen molar-refractivity contribution in [1.82, 2.24) is 0 Å². The maximum Gasteiger partial charge on any atom is 0.318 e. The molecule has 0 spiro atoms. The first kappa shape index (κ1) is 16.4. The molecule has 0 aromatic heterocycles. The molecule has 0 aliphatic heterocycles. The minimum atomic E-state index is -1.68. The van der Waals surface area contributed by atoms with E-state index >= 15 is 0 Å². The third kappa shape index (κ3) is 4.03. The van der Waals surface area contributed by atoms with Gasteiger partial charge in [-0.3, -0.25) is 14.4 Å². The molecule has 2 aromatic carbocycles. The Bertz CT molecular complexity index is 680. The van der Waals surface area contributed by atoms with Gasteiger partial charge in [0.15, 0.2) is 11.7 Å². The molecule has 2 N–H and O–H groups in total. The quantitative estimate of drug-likeness (QED) is 0.606. The van der Waals surface area contributed by atoms with Gasteiger partial charge in [-0.2, -0.15) is 0 Å². The SMILES string of the molecule is O=C(CC(c1ccccc1)C(C(=O)O)C(=O)O)c1ccccc1. The van der Waals surface area contributed by atoms with Gasteiger partial charge >= 0.3 is 11.9 Å². The van der Waals surface area contributed by atoms with Gasteiger partial charge in [-0.25, -0.2) is 0 Å². The van der Waals surface area contributed by atoms with E-state index in [1.165, 1.54) is 0 Å². The van der Waals surface area contributed by atoms with Crippen LogP contribution in [0.25, 0.3) is 0 Å². The van der Waals surface area contributed by atoms with Crippen molar-refractivity contribution in [3.63, 3.8) is 0 Å². The molecule has 1 atom stereocenters. The number of hydrogen-bond acceptors (Lipinski definition) is 3. The molecule has 5 heteroatoms. The number of aliphatic carboxylic acids is 2. The van der Waals surface area contributed by atoms with E-state index < -0.39 is 23.8 Å². The summed E-state index contributed by atoms with van der Waals surface area (Å²) in [6.45, 7) is 0. The van der Waals surface area contributed by atoms with Crippen LogP contribution in [0.3, 0.4) is 0 Å². The van der Waals surface area contributed by atoms with Gasteiger partial charge in [-0.1, -0.05) is 60.7 Å². The van der Waals surface area contributed by atoms with Gasteiger partial charge in [0.25, 0.3) is 0 Å².